The molecule has 6 heteroatoms. The minimum Gasteiger partial charge on any atom is -0.497 e. The molecule has 136 valence electrons. The molecule has 3 aromatic rings. The van der Waals surface area contributed by atoms with Crippen LogP contribution in [0, 0.1) is 0 Å². The van der Waals surface area contributed by atoms with E-state index in [9.17, 15) is 4.79 Å². The standard InChI is InChI=1S/C20H23N3O3/c1-3-14-5-4-6-16(11-14)26-13-20(24)21-10-9-19-22-17-8-7-15(25-2)12-18(17)23-19/h4-8,11-12H,3,9-10,13H2,1-2H3,(H,21,24)(H,22,23). The summed E-state index contributed by atoms with van der Waals surface area (Å²) in [4.78, 5) is 19.7. The highest BCUT2D eigenvalue weighted by atomic mass is 16.5. The van der Waals surface area contributed by atoms with E-state index in [0.29, 0.717) is 18.7 Å². The van der Waals surface area contributed by atoms with Crippen molar-refractivity contribution in [3.8, 4) is 11.5 Å². The minimum absolute atomic E-state index is 0.00446. The number of methoxy groups -OCH3 is 1. The average molecular weight is 353 g/mol. The van der Waals surface area contributed by atoms with Gasteiger partial charge in [-0.05, 0) is 36.2 Å². The number of imidazole rings is 1. The molecule has 2 N–H and O–H groups in total. The molecule has 2 aromatic carbocycles. The van der Waals surface area contributed by atoms with Crippen molar-refractivity contribution in [3.05, 3.63) is 53.9 Å². The summed E-state index contributed by atoms with van der Waals surface area (Å²) < 4.78 is 10.7. The van der Waals surface area contributed by atoms with Gasteiger partial charge in [0.25, 0.3) is 5.91 Å². The summed E-state index contributed by atoms with van der Waals surface area (Å²) in [6.07, 6.45) is 1.56. The van der Waals surface area contributed by atoms with Crippen LogP contribution >= 0.6 is 0 Å². The molecule has 1 aromatic heterocycles. The number of aromatic amines is 1. The molecular formula is C20H23N3O3. The number of aromatic nitrogens is 2. The van der Waals surface area contributed by atoms with Crippen molar-refractivity contribution in [2.24, 2.45) is 0 Å². The van der Waals surface area contributed by atoms with Crippen LogP contribution in [-0.2, 0) is 17.6 Å². The predicted octanol–water partition coefficient (Wildman–Crippen LogP) is 2.87. The number of ether oxygens (including phenoxy) is 2. The number of H-pyrrole nitrogens is 1. The van der Waals surface area contributed by atoms with E-state index in [2.05, 4.69) is 22.2 Å². The lowest BCUT2D eigenvalue weighted by Gasteiger charge is -2.08. The van der Waals surface area contributed by atoms with Gasteiger partial charge >= 0.3 is 0 Å². The monoisotopic (exact) mass is 353 g/mol. The van der Waals surface area contributed by atoms with E-state index < -0.39 is 0 Å². The third kappa shape index (κ3) is 4.53. The van der Waals surface area contributed by atoms with Gasteiger partial charge in [-0.1, -0.05) is 19.1 Å². The number of rotatable bonds is 8. The largest absolute Gasteiger partial charge is 0.497 e. The Morgan fingerprint density at radius 3 is 2.88 bits per heavy atom. The average Bonchev–Trinajstić information content (AvgIpc) is 3.08. The second-order valence-corrected chi connectivity index (χ2v) is 5.96. The molecule has 0 spiro atoms. The first kappa shape index (κ1) is 17.8. The van der Waals surface area contributed by atoms with Gasteiger partial charge in [-0.15, -0.1) is 0 Å². The lowest BCUT2D eigenvalue weighted by atomic mass is 10.2. The van der Waals surface area contributed by atoms with E-state index in [-0.39, 0.29) is 12.5 Å². The van der Waals surface area contributed by atoms with Crippen LogP contribution in [-0.4, -0.2) is 36.1 Å². The molecule has 0 saturated carbocycles. The van der Waals surface area contributed by atoms with E-state index in [4.69, 9.17) is 9.47 Å². The smallest absolute Gasteiger partial charge is 0.257 e. The number of hydrogen-bond donors (Lipinski definition) is 2. The lowest BCUT2D eigenvalue weighted by molar-refractivity contribution is -0.123. The van der Waals surface area contributed by atoms with Crippen molar-refractivity contribution in [1.82, 2.24) is 15.3 Å². The van der Waals surface area contributed by atoms with Crippen LogP contribution < -0.4 is 14.8 Å². The maximum absolute atomic E-state index is 11.9. The van der Waals surface area contributed by atoms with E-state index in [1.165, 1.54) is 5.56 Å². The van der Waals surface area contributed by atoms with Crippen molar-refractivity contribution in [2.45, 2.75) is 19.8 Å². The molecule has 1 amide bonds. The zero-order valence-corrected chi connectivity index (χ0v) is 15.0. The van der Waals surface area contributed by atoms with Crippen LogP contribution in [0.25, 0.3) is 11.0 Å². The second-order valence-electron chi connectivity index (χ2n) is 5.96. The number of carbonyl (C=O) groups is 1. The van der Waals surface area contributed by atoms with Crippen molar-refractivity contribution >= 4 is 16.9 Å². The fraction of sp³-hybridized carbons (Fsp3) is 0.300. The molecule has 0 aliphatic heterocycles. The van der Waals surface area contributed by atoms with Gasteiger partial charge in [0.05, 0.1) is 18.1 Å². The summed E-state index contributed by atoms with van der Waals surface area (Å²) in [6, 6.07) is 13.5. The first-order valence-corrected chi connectivity index (χ1v) is 8.69. The zero-order valence-electron chi connectivity index (χ0n) is 15.0. The summed E-state index contributed by atoms with van der Waals surface area (Å²) in [5.74, 6) is 2.17. The van der Waals surface area contributed by atoms with Crippen molar-refractivity contribution in [1.29, 1.82) is 0 Å². The number of hydrogen-bond acceptors (Lipinski definition) is 4. The third-order valence-electron chi connectivity index (χ3n) is 4.10. The van der Waals surface area contributed by atoms with Gasteiger partial charge in [-0.2, -0.15) is 0 Å². The van der Waals surface area contributed by atoms with Gasteiger partial charge in [0.15, 0.2) is 6.61 Å². The molecule has 6 nitrogen and oxygen atoms in total. The van der Waals surface area contributed by atoms with Crippen LogP contribution in [0.1, 0.15) is 18.3 Å². The SMILES string of the molecule is CCc1cccc(OCC(=O)NCCc2nc3ccc(OC)cc3[nH]2)c1. The van der Waals surface area contributed by atoms with Crippen LogP contribution in [0.3, 0.4) is 0 Å². The Kier molecular flexibility index (Phi) is 5.73. The lowest BCUT2D eigenvalue weighted by Crippen LogP contribution is -2.30. The maximum Gasteiger partial charge on any atom is 0.257 e. The van der Waals surface area contributed by atoms with Crippen molar-refractivity contribution in [3.63, 3.8) is 0 Å². The van der Waals surface area contributed by atoms with Gasteiger partial charge in [0.1, 0.15) is 17.3 Å². The molecule has 0 aliphatic rings. The number of aryl methyl sites for hydroxylation is 1. The summed E-state index contributed by atoms with van der Waals surface area (Å²) >= 11 is 0. The molecule has 0 fully saturated rings. The van der Waals surface area contributed by atoms with E-state index >= 15 is 0 Å². The quantitative estimate of drug-likeness (QED) is 0.653. The van der Waals surface area contributed by atoms with E-state index in [1.54, 1.807) is 7.11 Å². The van der Waals surface area contributed by atoms with Gasteiger partial charge < -0.3 is 19.8 Å². The number of nitrogens with zero attached hydrogens (tertiary/aromatic N) is 1. The van der Waals surface area contributed by atoms with Gasteiger partial charge in [-0.3, -0.25) is 4.79 Å². The fourth-order valence-corrected chi connectivity index (χ4v) is 2.66. The van der Waals surface area contributed by atoms with Gasteiger partial charge in [0, 0.05) is 19.0 Å². The highest BCUT2D eigenvalue weighted by molar-refractivity contribution is 5.78. The molecular weight excluding hydrogens is 330 g/mol. The maximum atomic E-state index is 11.9. The number of amides is 1. The fourth-order valence-electron chi connectivity index (χ4n) is 2.66. The minimum atomic E-state index is -0.148. The first-order valence-electron chi connectivity index (χ1n) is 8.69. The third-order valence-corrected chi connectivity index (χ3v) is 4.10. The molecule has 1 heterocycles. The Hall–Kier alpha value is -3.02. The molecule has 0 atom stereocenters. The molecule has 0 saturated heterocycles. The van der Waals surface area contributed by atoms with Crippen molar-refractivity contribution in [2.75, 3.05) is 20.3 Å². The normalized spacial score (nSPS) is 10.7. The predicted molar refractivity (Wildman–Crippen MR) is 101 cm³/mol. The van der Waals surface area contributed by atoms with E-state index in [1.807, 2.05) is 42.5 Å². The van der Waals surface area contributed by atoms with Crippen molar-refractivity contribution < 1.29 is 14.3 Å². The zero-order chi connectivity index (χ0) is 18.4. The van der Waals surface area contributed by atoms with Crippen LogP contribution in [0.2, 0.25) is 0 Å². The molecule has 0 bridgehead atoms. The molecule has 0 unspecified atom stereocenters. The van der Waals surface area contributed by atoms with Crippen LogP contribution in [0.4, 0.5) is 0 Å². The number of fused-ring (bicyclic) bond motifs is 1. The second kappa shape index (κ2) is 8.38. The molecule has 26 heavy (non-hydrogen) atoms. The van der Waals surface area contributed by atoms with Gasteiger partial charge in [-0.25, -0.2) is 4.98 Å². The van der Waals surface area contributed by atoms with Crippen LogP contribution in [0.15, 0.2) is 42.5 Å². The van der Waals surface area contributed by atoms with E-state index in [0.717, 1.165) is 29.0 Å². The Labute approximate surface area is 152 Å². The Bertz CT molecular complexity index is 889. The topological polar surface area (TPSA) is 76.2 Å². The first-order chi connectivity index (χ1) is 12.7. The molecule has 3 rings (SSSR count). The summed E-state index contributed by atoms with van der Waals surface area (Å²) in [5, 5.41) is 2.85. The van der Waals surface area contributed by atoms with Gasteiger partial charge in [0.2, 0.25) is 0 Å². The molecule has 0 aliphatic carbocycles. The number of carbonyl (C=O) groups excluding carboxylic acids is 1. The Morgan fingerprint density at radius 1 is 1.19 bits per heavy atom. The highest BCUT2D eigenvalue weighted by Crippen LogP contribution is 2.18. The van der Waals surface area contributed by atoms with Crippen LogP contribution in [0.5, 0.6) is 11.5 Å². The number of benzene rings is 2. The molecule has 0 radical (unpaired) electrons. The highest BCUT2D eigenvalue weighted by Gasteiger charge is 2.06. The summed E-state index contributed by atoms with van der Waals surface area (Å²) in [6.45, 7) is 2.58. The summed E-state index contributed by atoms with van der Waals surface area (Å²) in [7, 11) is 1.63. The Balaban J connectivity index is 1.46. The number of nitrogens with one attached hydrogen (secondary N) is 2. The summed E-state index contributed by atoms with van der Waals surface area (Å²) in [5.41, 5.74) is 2.99. The Morgan fingerprint density at radius 2 is 2.08 bits per heavy atom.